The van der Waals surface area contributed by atoms with E-state index >= 15 is 0 Å². The Morgan fingerprint density at radius 3 is 2.97 bits per heavy atom. The number of amides is 1. The van der Waals surface area contributed by atoms with Crippen molar-refractivity contribution in [1.29, 1.82) is 0 Å². The Morgan fingerprint density at radius 1 is 1.27 bits per heavy atom. The maximum absolute atomic E-state index is 13.2. The molecule has 0 radical (unpaired) electrons. The lowest BCUT2D eigenvalue weighted by Crippen LogP contribution is -2.61. The van der Waals surface area contributed by atoms with Gasteiger partial charge in [0.25, 0.3) is 0 Å². The molecule has 5 atom stereocenters. The predicted molar refractivity (Wildman–Crippen MR) is 121 cm³/mol. The van der Waals surface area contributed by atoms with Crippen molar-refractivity contribution in [3.05, 3.63) is 64.8 Å². The van der Waals surface area contributed by atoms with E-state index in [-0.39, 0.29) is 23.7 Å². The smallest absolute Gasteiger partial charge is 0.248 e. The second-order valence-corrected chi connectivity index (χ2v) is 10.1. The van der Waals surface area contributed by atoms with Crippen molar-refractivity contribution in [3.8, 4) is 0 Å². The van der Waals surface area contributed by atoms with Gasteiger partial charge < -0.3 is 25.2 Å². The molecule has 5 heterocycles. The van der Waals surface area contributed by atoms with E-state index in [1.165, 1.54) is 0 Å². The topological polar surface area (TPSA) is 87.0 Å². The SMILES string of the molecule is CC12OC(=CC1(O)CO)n1c3c(c4ccccc41)=C1C(=O)NCC1C1C=3N2C2=CC=CCC21. The van der Waals surface area contributed by atoms with Gasteiger partial charge in [-0.2, -0.15) is 0 Å². The Kier molecular flexibility index (Phi) is 2.99. The summed E-state index contributed by atoms with van der Waals surface area (Å²) in [5.41, 5.74) is 1.16. The lowest BCUT2D eigenvalue weighted by molar-refractivity contribution is -0.167. The fraction of sp³-hybridized carbons (Fsp3) is 0.346. The van der Waals surface area contributed by atoms with Crippen LogP contribution < -0.4 is 15.9 Å². The number of hydrogen-bond acceptors (Lipinski definition) is 5. The molecule has 3 N–H and O–H groups in total. The molecule has 7 nitrogen and oxygen atoms in total. The summed E-state index contributed by atoms with van der Waals surface area (Å²) in [5, 5.41) is 28.1. The lowest BCUT2D eigenvalue weighted by Gasteiger charge is -2.45. The summed E-state index contributed by atoms with van der Waals surface area (Å²) in [5.74, 6) is 0.793. The fourth-order valence-corrected chi connectivity index (χ4v) is 7.26. The standard InChI is InChI=1S/C26H23N3O4/c1-25-26(32,12-30)10-18(33-25)28-16-8-4-2-6-13(16)20-21-15(11-27-24(21)31)19-14-7-3-5-9-17(14)29(25)23(19)22(20)28/h2-6,8-10,14-15,19,30,32H,7,11-12H2,1H3,(H,27,31). The highest BCUT2D eigenvalue weighted by Gasteiger charge is 2.65. The van der Waals surface area contributed by atoms with Gasteiger partial charge in [-0.1, -0.05) is 30.4 Å². The van der Waals surface area contributed by atoms with Crippen LogP contribution in [0.15, 0.2) is 54.3 Å². The number of para-hydroxylation sites is 1. The van der Waals surface area contributed by atoms with Crippen LogP contribution in [0.25, 0.3) is 28.1 Å². The number of hydrogen-bond donors (Lipinski definition) is 3. The van der Waals surface area contributed by atoms with Crippen molar-refractivity contribution in [2.75, 3.05) is 13.2 Å². The summed E-state index contributed by atoms with van der Waals surface area (Å²) < 4.78 is 8.65. The number of fused-ring (bicyclic) bond motifs is 12. The number of carbonyl (C=O) groups excluding carboxylic acids is 1. The van der Waals surface area contributed by atoms with Gasteiger partial charge in [0.05, 0.1) is 23.2 Å². The number of rotatable bonds is 1. The minimum atomic E-state index is -1.59. The third-order valence-electron chi connectivity index (χ3n) is 8.70. The molecule has 2 bridgehead atoms. The molecular weight excluding hydrogens is 418 g/mol. The van der Waals surface area contributed by atoms with Crippen molar-refractivity contribution in [3.63, 3.8) is 0 Å². The normalized spacial score (nSPS) is 36.8. The summed E-state index contributed by atoms with van der Waals surface area (Å²) in [6.45, 7) is 2.01. The lowest BCUT2D eigenvalue weighted by atomic mass is 9.73. The van der Waals surface area contributed by atoms with Crippen molar-refractivity contribution in [1.82, 2.24) is 14.8 Å². The van der Waals surface area contributed by atoms with Gasteiger partial charge in [-0.3, -0.25) is 9.36 Å². The monoisotopic (exact) mass is 441 g/mol. The molecule has 2 aromatic rings. The van der Waals surface area contributed by atoms with Crippen LogP contribution in [0.1, 0.15) is 13.3 Å². The molecule has 5 unspecified atom stereocenters. The highest BCUT2D eigenvalue weighted by molar-refractivity contribution is 6.18. The Morgan fingerprint density at radius 2 is 2.12 bits per heavy atom. The molecule has 1 amide bonds. The van der Waals surface area contributed by atoms with Crippen LogP contribution >= 0.6 is 0 Å². The number of benzene rings is 1. The Labute approximate surface area is 189 Å². The number of allylic oxidation sites excluding steroid dienone is 4. The first-order valence-corrected chi connectivity index (χ1v) is 11.6. The zero-order valence-electron chi connectivity index (χ0n) is 18.1. The molecule has 6 aliphatic rings. The highest BCUT2D eigenvalue weighted by Crippen LogP contribution is 2.59. The number of aliphatic hydroxyl groups excluding tert-OH is 1. The average molecular weight is 441 g/mol. The second kappa shape index (κ2) is 5.43. The average Bonchev–Trinajstić information content (AvgIpc) is 3.51. The van der Waals surface area contributed by atoms with Crippen LogP contribution in [0.2, 0.25) is 0 Å². The Balaban J connectivity index is 1.66. The first-order valence-electron chi connectivity index (χ1n) is 11.6. The molecule has 8 rings (SSSR count). The summed E-state index contributed by atoms with van der Waals surface area (Å²) in [4.78, 5) is 15.3. The highest BCUT2D eigenvalue weighted by atomic mass is 16.6. The molecule has 33 heavy (non-hydrogen) atoms. The van der Waals surface area contributed by atoms with Crippen LogP contribution in [-0.2, 0) is 9.53 Å². The maximum Gasteiger partial charge on any atom is 0.248 e. The Hall–Kier alpha value is -3.29. The molecule has 0 spiro atoms. The van der Waals surface area contributed by atoms with E-state index in [0.717, 1.165) is 44.9 Å². The quantitative estimate of drug-likeness (QED) is 0.594. The molecule has 2 fully saturated rings. The number of ether oxygens (including phenoxy) is 1. The van der Waals surface area contributed by atoms with Gasteiger partial charge in [-0.25, -0.2) is 0 Å². The van der Waals surface area contributed by atoms with Gasteiger partial charge >= 0.3 is 0 Å². The van der Waals surface area contributed by atoms with Crippen molar-refractivity contribution in [2.24, 2.45) is 17.8 Å². The minimum absolute atomic E-state index is 0.0101. The first kappa shape index (κ1) is 18.2. The van der Waals surface area contributed by atoms with Gasteiger partial charge in [0, 0.05) is 52.2 Å². The van der Waals surface area contributed by atoms with E-state index in [4.69, 9.17) is 4.74 Å². The second-order valence-electron chi connectivity index (χ2n) is 10.1. The van der Waals surface area contributed by atoms with Crippen LogP contribution in [-0.4, -0.2) is 50.1 Å². The molecule has 7 heteroatoms. The number of aliphatic hydroxyl groups is 2. The number of nitrogens with one attached hydrogen (secondary N) is 1. The molecule has 166 valence electrons. The van der Waals surface area contributed by atoms with Crippen molar-refractivity contribution < 1.29 is 19.7 Å². The predicted octanol–water partition coefficient (Wildman–Crippen LogP) is 0.333. The number of aromatic nitrogens is 1. The minimum Gasteiger partial charge on any atom is -0.449 e. The van der Waals surface area contributed by atoms with Gasteiger partial charge in [-0.15, -0.1) is 0 Å². The molecule has 0 saturated carbocycles. The van der Waals surface area contributed by atoms with E-state index in [0.29, 0.717) is 12.4 Å². The largest absolute Gasteiger partial charge is 0.449 e. The van der Waals surface area contributed by atoms with Crippen LogP contribution in [0, 0.1) is 17.8 Å². The van der Waals surface area contributed by atoms with Crippen LogP contribution in [0.3, 0.4) is 0 Å². The van der Waals surface area contributed by atoms with E-state index in [1.807, 2.05) is 25.1 Å². The number of nitrogens with zero attached hydrogens (tertiary/aromatic N) is 2. The van der Waals surface area contributed by atoms with Crippen molar-refractivity contribution in [2.45, 2.75) is 24.7 Å². The zero-order valence-corrected chi connectivity index (χ0v) is 18.1. The Bertz CT molecular complexity index is 1540. The summed E-state index contributed by atoms with van der Waals surface area (Å²) in [6, 6.07) is 8.06. The molecule has 4 aliphatic heterocycles. The molecule has 1 aromatic carbocycles. The van der Waals surface area contributed by atoms with Gasteiger partial charge in [0.15, 0.2) is 5.60 Å². The van der Waals surface area contributed by atoms with Crippen LogP contribution in [0.5, 0.6) is 0 Å². The van der Waals surface area contributed by atoms with E-state index in [9.17, 15) is 15.0 Å². The van der Waals surface area contributed by atoms with Crippen LogP contribution in [0.4, 0.5) is 0 Å². The zero-order chi connectivity index (χ0) is 22.3. The van der Waals surface area contributed by atoms with E-state index in [1.54, 1.807) is 6.08 Å². The van der Waals surface area contributed by atoms with E-state index < -0.39 is 17.9 Å². The third kappa shape index (κ3) is 1.77. The number of carbonyl (C=O) groups is 1. The van der Waals surface area contributed by atoms with Crippen molar-refractivity contribution >= 4 is 34.0 Å². The molecule has 1 aromatic heterocycles. The fourth-order valence-electron chi connectivity index (χ4n) is 7.26. The summed E-state index contributed by atoms with van der Waals surface area (Å²) >= 11 is 0. The van der Waals surface area contributed by atoms with Gasteiger partial charge in [-0.05, 0) is 25.5 Å². The summed E-state index contributed by atoms with van der Waals surface area (Å²) in [7, 11) is 0. The molecular formula is C26H23N3O4. The summed E-state index contributed by atoms with van der Waals surface area (Å²) in [6.07, 6.45) is 8.83. The first-order chi connectivity index (χ1) is 16.0. The van der Waals surface area contributed by atoms with Gasteiger partial charge in [0.1, 0.15) is 0 Å². The maximum atomic E-state index is 13.2. The van der Waals surface area contributed by atoms with Gasteiger partial charge in [0.2, 0.25) is 17.5 Å². The molecule has 2 aliphatic carbocycles. The van der Waals surface area contributed by atoms with E-state index in [2.05, 4.69) is 39.1 Å². The third-order valence-corrected chi connectivity index (χ3v) is 8.70. The molecule has 2 saturated heterocycles.